The first-order valence-electron chi connectivity index (χ1n) is 13.7. The number of aliphatic hydroxyl groups excluding tert-OH is 1. The number of carbonyl (C=O) groups excluding carboxylic acids is 1. The normalized spacial score (nSPS) is 14.3. The molecule has 2 N–H and O–H groups in total. The van der Waals surface area contributed by atoms with Crippen molar-refractivity contribution in [2.45, 2.75) is 89.7 Å². The molecule has 0 aromatic rings. The van der Waals surface area contributed by atoms with Crippen molar-refractivity contribution >= 4 is 11.9 Å². The Hall–Kier alpha value is -2.22. The van der Waals surface area contributed by atoms with Gasteiger partial charge in [0.2, 0.25) is 0 Å². The van der Waals surface area contributed by atoms with Gasteiger partial charge in [-0.05, 0) is 44.9 Å². The highest BCUT2D eigenvalue weighted by molar-refractivity contribution is 5.72. The Balaban J connectivity index is 3.73. The second-order valence-corrected chi connectivity index (χ2v) is 10.2. The number of hydrogen-bond donors (Lipinski definition) is 2. The van der Waals surface area contributed by atoms with E-state index in [1.165, 1.54) is 25.7 Å². The van der Waals surface area contributed by atoms with Crippen LogP contribution in [0.2, 0.25) is 0 Å². The van der Waals surface area contributed by atoms with Crippen LogP contribution >= 0.6 is 0 Å². The summed E-state index contributed by atoms with van der Waals surface area (Å²) in [6, 6.07) is -0.584. The summed E-state index contributed by atoms with van der Waals surface area (Å²) in [5.74, 6) is -1.22. The summed E-state index contributed by atoms with van der Waals surface area (Å²) < 4.78 is 10.7. The van der Waals surface area contributed by atoms with Crippen molar-refractivity contribution < 1.29 is 33.8 Å². The number of aliphatic hydroxyl groups is 1. The first-order valence-corrected chi connectivity index (χ1v) is 13.7. The average molecular weight is 523 g/mol. The van der Waals surface area contributed by atoms with Gasteiger partial charge in [0, 0.05) is 12.8 Å². The van der Waals surface area contributed by atoms with E-state index >= 15 is 0 Å². The molecule has 37 heavy (non-hydrogen) atoms. The molecule has 0 aromatic carbocycles. The van der Waals surface area contributed by atoms with Gasteiger partial charge in [-0.3, -0.25) is 4.79 Å². The molecule has 0 bridgehead atoms. The van der Waals surface area contributed by atoms with Gasteiger partial charge in [-0.15, -0.1) is 0 Å². The predicted molar refractivity (Wildman–Crippen MR) is 150 cm³/mol. The lowest BCUT2D eigenvalue weighted by molar-refractivity contribution is -0.887. The Morgan fingerprint density at radius 2 is 1.35 bits per heavy atom. The molecule has 0 saturated heterocycles. The highest BCUT2D eigenvalue weighted by Crippen LogP contribution is 2.08. The fourth-order valence-electron chi connectivity index (χ4n) is 3.49. The van der Waals surface area contributed by atoms with Crippen LogP contribution in [0, 0.1) is 0 Å². The van der Waals surface area contributed by atoms with Gasteiger partial charge in [-0.25, -0.2) is 4.79 Å². The monoisotopic (exact) mass is 522 g/mol. The quantitative estimate of drug-likeness (QED) is 0.0785. The van der Waals surface area contributed by atoms with Crippen LogP contribution in [0.15, 0.2) is 48.6 Å². The molecule has 0 fully saturated rings. The molecule has 0 aliphatic carbocycles. The number of carboxylic acids is 1. The average Bonchev–Trinajstić information content (AvgIpc) is 2.83. The van der Waals surface area contributed by atoms with Crippen LogP contribution in [0.4, 0.5) is 0 Å². The number of likely N-dealkylation sites (N-methyl/N-ethyl adjacent to an activating group) is 1. The maximum absolute atomic E-state index is 11.8. The zero-order valence-electron chi connectivity index (χ0n) is 23.6. The molecule has 0 amide bonds. The van der Waals surface area contributed by atoms with Crippen LogP contribution in [-0.4, -0.2) is 79.7 Å². The second kappa shape index (κ2) is 22.9. The summed E-state index contributed by atoms with van der Waals surface area (Å²) >= 11 is 0. The number of aliphatic carboxylic acids is 1. The fraction of sp³-hybridized carbons (Fsp3) is 0.667. The summed E-state index contributed by atoms with van der Waals surface area (Å²) in [6.07, 6.45) is 26.5. The molecule has 0 aromatic heterocycles. The Labute approximate surface area is 225 Å². The van der Waals surface area contributed by atoms with Gasteiger partial charge in [-0.1, -0.05) is 68.4 Å². The minimum atomic E-state index is -0.926. The lowest BCUT2D eigenvalue weighted by atomic mass is 10.1. The van der Waals surface area contributed by atoms with Gasteiger partial charge in [0.05, 0.1) is 34.4 Å². The molecule has 0 aliphatic heterocycles. The molecule has 7 nitrogen and oxygen atoms in total. The van der Waals surface area contributed by atoms with Gasteiger partial charge < -0.3 is 24.2 Å². The van der Waals surface area contributed by atoms with Crippen molar-refractivity contribution in [3.8, 4) is 0 Å². The molecular weight excluding hydrogens is 470 g/mol. The Bertz CT molecular complexity index is 705. The van der Waals surface area contributed by atoms with Gasteiger partial charge in [0.15, 0.2) is 6.04 Å². The minimum absolute atomic E-state index is 0.00101. The lowest BCUT2D eigenvalue weighted by Gasteiger charge is -2.31. The van der Waals surface area contributed by atoms with Crippen molar-refractivity contribution in [1.29, 1.82) is 0 Å². The van der Waals surface area contributed by atoms with Gasteiger partial charge >= 0.3 is 11.9 Å². The van der Waals surface area contributed by atoms with Crippen LogP contribution < -0.4 is 0 Å². The molecule has 0 radical (unpaired) electrons. The van der Waals surface area contributed by atoms with Crippen LogP contribution in [-0.2, 0) is 19.1 Å². The number of esters is 1. The van der Waals surface area contributed by atoms with E-state index in [4.69, 9.17) is 9.47 Å². The number of nitrogens with zero attached hydrogens (tertiary/aromatic N) is 1. The van der Waals surface area contributed by atoms with Gasteiger partial charge in [0.1, 0.15) is 12.7 Å². The second-order valence-electron chi connectivity index (χ2n) is 10.2. The smallest absolute Gasteiger partial charge is 0.362 e. The van der Waals surface area contributed by atoms with E-state index in [0.29, 0.717) is 23.7 Å². The van der Waals surface area contributed by atoms with E-state index in [-0.39, 0.29) is 25.8 Å². The third kappa shape index (κ3) is 22.7. The zero-order valence-corrected chi connectivity index (χ0v) is 23.6. The standard InChI is InChI=1S/C30H51NO6/c1-5-6-7-8-9-10-11-12-13-14-15-16-17-18-19-20-21-22-29(33)37-26-27(32)25-36-24-23-28(30(34)35)31(2,3)4/h9-10,12-13,15-16,18-19,27-28,32H,5-8,11,14,17,20-26H2,1-4H3/p+1/b10-9+,13-12+,16-15+,19-18+. The molecule has 0 spiro atoms. The van der Waals surface area contributed by atoms with E-state index in [1.807, 2.05) is 21.1 Å². The number of carboxylic acid groups (broad SMARTS) is 1. The maximum atomic E-state index is 11.8. The topological polar surface area (TPSA) is 93.1 Å². The van der Waals surface area contributed by atoms with E-state index in [0.717, 1.165) is 25.7 Å². The highest BCUT2D eigenvalue weighted by Gasteiger charge is 2.30. The summed E-state index contributed by atoms with van der Waals surface area (Å²) in [5.41, 5.74) is 0. The number of rotatable bonds is 23. The largest absolute Gasteiger partial charge is 0.477 e. The van der Waals surface area contributed by atoms with Crippen molar-refractivity contribution in [3.63, 3.8) is 0 Å². The van der Waals surface area contributed by atoms with Crippen LogP contribution in [0.5, 0.6) is 0 Å². The molecule has 212 valence electrons. The minimum Gasteiger partial charge on any atom is -0.477 e. The number of allylic oxidation sites excluding steroid dienone is 8. The molecule has 0 aliphatic rings. The predicted octanol–water partition coefficient (Wildman–Crippen LogP) is 5.60. The summed E-state index contributed by atoms with van der Waals surface area (Å²) in [7, 11) is 5.45. The van der Waals surface area contributed by atoms with Crippen molar-refractivity contribution in [3.05, 3.63) is 48.6 Å². The van der Waals surface area contributed by atoms with Crippen molar-refractivity contribution in [2.75, 3.05) is 41.0 Å². The number of quaternary nitrogens is 1. The van der Waals surface area contributed by atoms with Crippen LogP contribution in [0.1, 0.15) is 77.6 Å². The Morgan fingerprint density at radius 1 is 0.811 bits per heavy atom. The van der Waals surface area contributed by atoms with E-state index < -0.39 is 18.1 Å². The summed E-state index contributed by atoms with van der Waals surface area (Å²) in [5, 5.41) is 19.2. The van der Waals surface area contributed by atoms with Gasteiger partial charge in [0.25, 0.3) is 0 Å². The molecular formula is C30H52NO6+. The lowest BCUT2D eigenvalue weighted by Crippen LogP contribution is -2.50. The third-order valence-corrected chi connectivity index (χ3v) is 5.71. The number of ether oxygens (including phenoxy) is 2. The summed E-state index contributed by atoms with van der Waals surface area (Å²) in [6.45, 7) is 2.31. The highest BCUT2D eigenvalue weighted by atomic mass is 16.5. The molecule has 0 rings (SSSR count). The SMILES string of the molecule is CCCCC/C=C/C/C=C/C/C=C/C/C=C/CCCC(=O)OCC(O)COCCC(C(=O)O)[N+](C)(C)C. The fourth-order valence-corrected chi connectivity index (χ4v) is 3.49. The third-order valence-electron chi connectivity index (χ3n) is 5.71. The molecule has 0 saturated carbocycles. The Morgan fingerprint density at radius 3 is 1.86 bits per heavy atom. The zero-order chi connectivity index (χ0) is 27.8. The summed E-state index contributed by atoms with van der Waals surface area (Å²) in [4.78, 5) is 23.2. The Kier molecular flexibility index (Phi) is 21.6. The molecule has 2 unspecified atom stereocenters. The molecule has 2 atom stereocenters. The first-order chi connectivity index (χ1) is 17.7. The van der Waals surface area contributed by atoms with E-state index in [9.17, 15) is 19.8 Å². The number of carbonyl (C=O) groups is 2. The number of unbranched alkanes of at least 4 members (excludes halogenated alkanes) is 4. The van der Waals surface area contributed by atoms with Crippen molar-refractivity contribution in [1.82, 2.24) is 0 Å². The van der Waals surface area contributed by atoms with Gasteiger partial charge in [-0.2, -0.15) is 0 Å². The van der Waals surface area contributed by atoms with Crippen LogP contribution in [0.3, 0.4) is 0 Å². The first kappa shape index (κ1) is 34.8. The molecule has 0 heterocycles. The molecule has 7 heteroatoms. The van der Waals surface area contributed by atoms with Crippen LogP contribution in [0.25, 0.3) is 0 Å². The maximum Gasteiger partial charge on any atom is 0.362 e. The van der Waals surface area contributed by atoms with E-state index in [2.05, 4.69) is 55.5 Å². The van der Waals surface area contributed by atoms with Crippen molar-refractivity contribution in [2.24, 2.45) is 0 Å². The van der Waals surface area contributed by atoms with E-state index in [1.54, 1.807) is 0 Å². The number of hydrogen-bond acceptors (Lipinski definition) is 5.